The maximum atomic E-state index is 8.66. The van der Waals surface area contributed by atoms with E-state index in [4.69, 9.17) is 62.3 Å². The molecule has 0 aromatic rings. The highest BCUT2D eigenvalue weighted by Gasteiger charge is 2.15. The van der Waals surface area contributed by atoms with Gasteiger partial charge in [-0.15, -0.1) is 0 Å². The fraction of sp³-hybridized carbons (Fsp3) is 1.00. The lowest BCUT2D eigenvalue weighted by Crippen LogP contribution is -2.28. The van der Waals surface area contributed by atoms with Crippen LogP contribution in [0, 0.1) is 0 Å². The highest BCUT2D eigenvalue weighted by molar-refractivity contribution is 6.68. The summed E-state index contributed by atoms with van der Waals surface area (Å²) >= 11 is 0. The Balaban J connectivity index is -0.0000000294. The average Bonchev–Trinajstić information content (AvgIpc) is 1.94. The molecule has 0 atom stereocenters. The van der Waals surface area contributed by atoms with E-state index in [1.54, 1.807) is 0 Å². The molecule has 0 fully saturated rings. The second-order valence-electron chi connectivity index (χ2n) is 8.60. The zero-order valence-corrected chi connectivity index (χ0v) is 25.8. The van der Waals surface area contributed by atoms with Crippen LogP contribution in [0.4, 0.5) is 0 Å². The van der Waals surface area contributed by atoms with Crippen LogP contribution >= 0.6 is 0 Å². The molecule has 0 radical (unpaired) electrons. The molecule has 0 spiro atoms. The van der Waals surface area contributed by atoms with Crippen LogP contribution in [0.15, 0.2) is 0 Å². The standard InChI is InChI=1S/C3H10OSi.3C2H8O2Si.2CH6O3Si.3CH4/c6*1-5(2,3)4;;;/h4H,1-3H3;3*3-4H,1-2H3;2*2-4H,1H3;3*1H4. The van der Waals surface area contributed by atoms with Gasteiger partial charge in [-0.05, 0) is 58.9 Å². The molecular weight excluding hydrogens is 545 g/mol. The van der Waals surface area contributed by atoms with E-state index in [1.165, 1.54) is 39.3 Å². The van der Waals surface area contributed by atoms with Gasteiger partial charge < -0.3 is 62.3 Å². The molecule has 0 rings (SSSR count). The zero-order valence-electron chi connectivity index (χ0n) is 19.8. The summed E-state index contributed by atoms with van der Waals surface area (Å²) in [5, 5.41) is 0. The third kappa shape index (κ3) is 50900. The van der Waals surface area contributed by atoms with Crippen LogP contribution in [-0.4, -0.2) is 114 Å². The van der Waals surface area contributed by atoms with E-state index in [1.807, 2.05) is 19.6 Å². The first-order valence-electron chi connectivity index (χ1n) is 8.41. The Kier molecular flexibility index (Phi) is 43.8. The Bertz CT molecular complexity index is 236. The first kappa shape index (κ1) is 59.1. The summed E-state index contributed by atoms with van der Waals surface area (Å²) < 4.78 is 0. The Hall–Kier alpha value is 0.781. The van der Waals surface area contributed by atoms with Gasteiger partial charge in [-0.1, -0.05) is 22.3 Å². The first-order chi connectivity index (χ1) is 12.0. The van der Waals surface area contributed by atoms with Gasteiger partial charge in [0.25, 0.3) is 0 Å². The third-order valence-electron chi connectivity index (χ3n) is 0. The van der Waals surface area contributed by atoms with Gasteiger partial charge in [-0.2, -0.15) is 0 Å². The SMILES string of the molecule is C.C.C.C[Si](C)(C)O.C[Si](C)(O)O.C[Si](C)(O)O.C[Si](C)(O)O.C[Si](O)(O)O.C[Si](O)(O)O. The molecule has 19 heteroatoms. The van der Waals surface area contributed by atoms with Crippen molar-refractivity contribution in [2.45, 2.75) is 94.3 Å². The van der Waals surface area contributed by atoms with Crippen molar-refractivity contribution >= 4 is 51.6 Å². The van der Waals surface area contributed by atoms with E-state index in [-0.39, 0.29) is 22.3 Å². The molecule has 0 aromatic carbocycles. The Labute approximate surface area is 208 Å². The number of rotatable bonds is 0. The molecule has 0 heterocycles. The van der Waals surface area contributed by atoms with Crippen molar-refractivity contribution in [2.24, 2.45) is 0 Å². The molecular formula is C14H58O13Si6. The van der Waals surface area contributed by atoms with E-state index >= 15 is 0 Å². The lowest BCUT2D eigenvalue weighted by molar-refractivity contribution is 0.237. The summed E-state index contributed by atoms with van der Waals surface area (Å²) in [6.07, 6.45) is 0. The van der Waals surface area contributed by atoms with E-state index < -0.39 is 51.6 Å². The van der Waals surface area contributed by atoms with Crippen LogP contribution in [0.5, 0.6) is 0 Å². The van der Waals surface area contributed by atoms with Crippen molar-refractivity contribution in [3.8, 4) is 0 Å². The lowest BCUT2D eigenvalue weighted by Gasteiger charge is -2.00. The number of hydrogen-bond acceptors (Lipinski definition) is 13. The Morgan fingerprint density at radius 3 is 0.273 bits per heavy atom. The van der Waals surface area contributed by atoms with E-state index in [0.29, 0.717) is 0 Å². The molecule has 0 bridgehead atoms. The zero-order chi connectivity index (χ0) is 27.0. The minimum Gasteiger partial charge on any atom is -0.433 e. The molecule has 0 amide bonds. The minimum atomic E-state index is -3.61. The summed E-state index contributed by atoms with van der Waals surface area (Å²) in [5.41, 5.74) is 0. The van der Waals surface area contributed by atoms with Crippen LogP contribution in [0.3, 0.4) is 0 Å². The van der Waals surface area contributed by atoms with Crippen LogP contribution in [0.25, 0.3) is 0 Å². The molecule has 0 aliphatic heterocycles. The fourth-order valence-corrected chi connectivity index (χ4v) is 0. The first-order valence-corrected chi connectivity index (χ1v) is 25.2. The summed E-state index contributed by atoms with van der Waals surface area (Å²) in [4.78, 5) is 105. The molecule has 0 aliphatic rings. The van der Waals surface area contributed by atoms with E-state index in [2.05, 4.69) is 0 Å². The second-order valence-corrected chi connectivity index (χ2v) is 25.8. The van der Waals surface area contributed by atoms with Crippen LogP contribution in [-0.2, 0) is 0 Å². The van der Waals surface area contributed by atoms with Gasteiger partial charge in [0.15, 0.2) is 8.32 Å². The third-order valence-corrected chi connectivity index (χ3v) is 0. The number of hydrogen-bond donors (Lipinski definition) is 13. The largest absolute Gasteiger partial charge is 0.489 e. The fourth-order valence-electron chi connectivity index (χ4n) is 0. The molecule has 0 aliphatic carbocycles. The van der Waals surface area contributed by atoms with Crippen molar-refractivity contribution < 1.29 is 62.3 Å². The summed E-state index contributed by atoms with van der Waals surface area (Å²) in [7, 11) is -16.7. The molecule has 13 N–H and O–H groups in total. The minimum absolute atomic E-state index is 0. The Morgan fingerprint density at radius 2 is 0.273 bits per heavy atom. The van der Waals surface area contributed by atoms with E-state index in [9.17, 15) is 0 Å². The lowest BCUT2D eigenvalue weighted by atomic mass is 11.8. The monoisotopic (exact) mass is 602 g/mol. The topological polar surface area (TPSA) is 263 Å². The Morgan fingerprint density at radius 1 is 0.273 bits per heavy atom. The van der Waals surface area contributed by atoms with E-state index in [0.717, 1.165) is 13.1 Å². The predicted octanol–water partition coefficient (Wildman–Crippen LogP) is -1.20. The van der Waals surface area contributed by atoms with Crippen molar-refractivity contribution in [3.05, 3.63) is 0 Å². The van der Waals surface area contributed by atoms with Crippen LogP contribution in [0.1, 0.15) is 22.3 Å². The van der Waals surface area contributed by atoms with Crippen LogP contribution < -0.4 is 0 Å². The van der Waals surface area contributed by atoms with Crippen molar-refractivity contribution in [2.75, 3.05) is 0 Å². The molecule has 0 saturated carbocycles. The van der Waals surface area contributed by atoms with Crippen molar-refractivity contribution in [1.82, 2.24) is 0 Å². The molecule has 0 aromatic heterocycles. The predicted molar refractivity (Wildman–Crippen MR) is 148 cm³/mol. The van der Waals surface area contributed by atoms with Gasteiger partial charge in [0, 0.05) is 13.1 Å². The summed E-state index contributed by atoms with van der Waals surface area (Å²) in [5.74, 6) is 0. The molecule has 216 valence electrons. The smallest absolute Gasteiger partial charge is 0.433 e. The highest BCUT2D eigenvalue weighted by atomic mass is 28.4. The maximum absolute atomic E-state index is 8.66. The highest BCUT2D eigenvalue weighted by Crippen LogP contribution is 1.88. The van der Waals surface area contributed by atoms with Crippen molar-refractivity contribution in [3.63, 3.8) is 0 Å². The quantitative estimate of drug-likeness (QED) is 0.145. The van der Waals surface area contributed by atoms with Gasteiger partial charge in [0.05, 0.1) is 0 Å². The maximum Gasteiger partial charge on any atom is 0.489 e. The average molecular weight is 603 g/mol. The van der Waals surface area contributed by atoms with Gasteiger partial charge in [-0.3, -0.25) is 0 Å². The van der Waals surface area contributed by atoms with Crippen molar-refractivity contribution in [1.29, 1.82) is 0 Å². The molecule has 0 saturated heterocycles. The molecule has 33 heavy (non-hydrogen) atoms. The molecule has 13 nitrogen and oxygen atoms in total. The molecule has 0 unspecified atom stereocenters. The normalized spacial score (nSPS) is 10.9. The van der Waals surface area contributed by atoms with Gasteiger partial charge in [0.2, 0.25) is 0 Å². The summed E-state index contributed by atoms with van der Waals surface area (Å²) in [6.45, 7) is 16.3. The summed E-state index contributed by atoms with van der Waals surface area (Å²) in [6, 6.07) is 0. The van der Waals surface area contributed by atoms with Gasteiger partial charge >= 0.3 is 43.3 Å². The second kappa shape index (κ2) is 24.5. The van der Waals surface area contributed by atoms with Gasteiger partial charge in [-0.25, -0.2) is 0 Å². The van der Waals surface area contributed by atoms with Gasteiger partial charge in [0.1, 0.15) is 0 Å². The van der Waals surface area contributed by atoms with Crippen LogP contribution in [0.2, 0.25) is 72.0 Å².